The van der Waals surface area contributed by atoms with Crippen LogP contribution in [-0.2, 0) is 0 Å². The van der Waals surface area contributed by atoms with Crippen molar-refractivity contribution < 1.29 is 37.0 Å². The van der Waals surface area contributed by atoms with Gasteiger partial charge in [0.05, 0.1) is 75.8 Å². The highest BCUT2D eigenvalue weighted by atomic mass is 15.0. The first-order valence-corrected chi connectivity index (χ1v) is 15.3. The van der Waals surface area contributed by atoms with Crippen molar-refractivity contribution >= 4 is 65.4 Å². The Bertz CT molecular complexity index is 4600. The quantitative estimate of drug-likeness (QED) is 0.176. The number of aromatic nitrogens is 3. The van der Waals surface area contributed by atoms with Gasteiger partial charge >= 0.3 is 0 Å². The maximum atomic E-state index is 10.1. The molecule has 0 aliphatic carbocycles. The van der Waals surface area contributed by atoms with Gasteiger partial charge in [0.15, 0.2) is 0 Å². The average Bonchev–Trinajstić information content (AvgIpc) is 4.25. The van der Waals surface area contributed by atoms with Crippen LogP contribution in [0, 0.1) is 0 Å². The molecule has 0 fully saturated rings. The standard InChI is InChI=1S/C48H31N3/c1-2-14-32(15-3-1)33-16-12-17-34(30-33)50-44-25-11-7-21-39(44)48-46(50)26-13-27-47(48)51-43-24-10-6-20-38(43)40-31-35(28-29-45(40)51)49-41-22-8-4-18-36(41)37-19-5-9-23-42(37)49/h1-31H/i1D,2D,3D,4D,5D,6D,7D,8D,9D,10D,11D,13D,14D,15D,18D,19D,20D,21D,22D,23D,24D,25D,26D,27D,28D,29D,31D. The lowest BCUT2D eigenvalue weighted by Crippen LogP contribution is -1.97. The maximum Gasteiger partial charge on any atom is 0.0652 e. The predicted molar refractivity (Wildman–Crippen MR) is 215 cm³/mol. The molecule has 3 nitrogen and oxygen atoms in total. The van der Waals surface area contributed by atoms with Gasteiger partial charge in [0.25, 0.3) is 0 Å². The minimum absolute atomic E-state index is 0.00341. The highest BCUT2D eigenvalue weighted by molar-refractivity contribution is 6.17. The first kappa shape index (κ1) is 12.5. The number of hydrogen-bond donors (Lipinski definition) is 0. The van der Waals surface area contributed by atoms with Crippen molar-refractivity contribution in [3.63, 3.8) is 0 Å². The summed E-state index contributed by atoms with van der Waals surface area (Å²) >= 11 is 0. The molecule has 11 aromatic rings. The van der Waals surface area contributed by atoms with Crippen molar-refractivity contribution in [2.45, 2.75) is 0 Å². The number of rotatable bonds is 4. The lowest BCUT2D eigenvalue weighted by atomic mass is 10.1. The molecule has 11 rings (SSSR count). The number of fused-ring (bicyclic) bond motifs is 9. The molecule has 238 valence electrons. The highest BCUT2D eigenvalue weighted by Crippen LogP contribution is 2.41. The number of para-hydroxylation sites is 4. The minimum Gasteiger partial charge on any atom is -0.309 e. The number of benzene rings is 8. The Hall–Kier alpha value is -6.84. The van der Waals surface area contributed by atoms with E-state index in [1.165, 1.54) is 24.3 Å². The summed E-state index contributed by atoms with van der Waals surface area (Å²) < 4.78 is 247. The third-order valence-corrected chi connectivity index (χ3v) is 8.72. The molecule has 0 aliphatic heterocycles. The van der Waals surface area contributed by atoms with Gasteiger partial charge in [-0.05, 0) is 77.6 Å². The van der Waals surface area contributed by atoms with Gasteiger partial charge < -0.3 is 13.7 Å². The van der Waals surface area contributed by atoms with Crippen molar-refractivity contribution in [1.29, 1.82) is 0 Å². The van der Waals surface area contributed by atoms with E-state index in [-0.39, 0.29) is 16.8 Å². The summed E-state index contributed by atoms with van der Waals surface area (Å²) in [6.45, 7) is 0. The molecule has 0 saturated heterocycles. The van der Waals surface area contributed by atoms with E-state index >= 15 is 0 Å². The van der Waals surface area contributed by atoms with Gasteiger partial charge in [0, 0.05) is 43.7 Å². The van der Waals surface area contributed by atoms with E-state index in [1.807, 2.05) is 0 Å². The van der Waals surface area contributed by atoms with Crippen LogP contribution in [0.4, 0.5) is 0 Å². The second kappa shape index (κ2) is 10.8. The SMILES string of the molecule is [2H]c1c([2H])c([2H])c(-c2cccc(-n3c4c([2H])c([2H])c([2H])c([2H])c4c4c(-n5c6c([2H])c([2H])c([2H])c([2H])c6c6c([2H])c(-n7c8c([2H])c([2H])c([2H])c([2H])c8c8c([2H])c([2H])c([2H])c([2H])c87)c([2H])c([2H])c65)c([2H])c([2H])c([2H])c43)c2)c([2H])c1[2H]. The summed E-state index contributed by atoms with van der Waals surface area (Å²) in [6, 6.07) is -16.4. The lowest BCUT2D eigenvalue weighted by Gasteiger charge is -2.13. The first-order chi connectivity index (χ1) is 36.6. The molecule has 0 amide bonds. The van der Waals surface area contributed by atoms with E-state index in [0.29, 0.717) is 0 Å². The monoisotopic (exact) mass is 676 g/mol. The van der Waals surface area contributed by atoms with E-state index in [1.54, 1.807) is 0 Å². The third kappa shape index (κ3) is 4.06. The molecule has 0 unspecified atom stereocenters. The molecule has 3 heterocycles. The molecule has 3 heteroatoms. The third-order valence-electron chi connectivity index (χ3n) is 8.72. The largest absolute Gasteiger partial charge is 0.309 e. The molecule has 0 atom stereocenters. The molecule has 3 aromatic heterocycles. The van der Waals surface area contributed by atoms with Crippen LogP contribution in [0.1, 0.15) is 37.0 Å². The second-order valence-corrected chi connectivity index (χ2v) is 11.3. The summed E-state index contributed by atoms with van der Waals surface area (Å²) in [5.41, 5.74) is -4.92. The Balaban J connectivity index is 1.39. The van der Waals surface area contributed by atoms with Crippen LogP contribution in [0.2, 0.25) is 0 Å². The zero-order valence-corrected chi connectivity index (χ0v) is 25.7. The maximum absolute atomic E-state index is 10.1. The molecule has 0 radical (unpaired) electrons. The Morgan fingerprint density at radius 1 is 0.353 bits per heavy atom. The molecule has 0 saturated carbocycles. The van der Waals surface area contributed by atoms with Crippen LogP contribution in [0.15, 0.2) is 187 Å². The van der Waals surface area contributed by atoms with Gasteiger partial charge in [-0.2, -0.15) is 0 Å². The van der Waals surface area contributed by atoms with Gasteiger partial charge in [-0.1, -0.05) is 121 Å². The van der Waals surface area contributed by atoms with E-state index in [9.17, 15) is 13.7 Å². The number of nitrogens with zero attached hydrogens (tertiary/aromatic N) is 3. The average molecular weight is 677 g/mol. The van der Waals surface area contributed by atoms with Gasteiger partial charge in [-0.15, -0.1) is 0 Å². The van der Waals surface area contributed by atoms with Crippen LogP contribution >= 0.6 is 0 Å². The topological polar surface area (TPSA) is 14.8 Å². The minimum atomic E-state index is -0.995. The van der Waals surface area contributed by atoms with Crippen LogP contribution in [0.25, 0.3) is 93.6 Å². The van der Waals surface area contributed by atoms with Crippen LogP contribution < -0.4 is 0 Å². The Morgan fingerprint density at radius 3 is 1.59 bits per heavy atom. The molecule has 8 aromatic carbocycles. The summed E-state index contributed by atoms with van der Waals surface area (Å²) in [7, 11) is 0. The molecule has 0 aliphatic rings. The van der Waals surface area contributed by atoms with E-state index < -0.39 is 240 Å². The second-order valence-electron chi connectivity index (χ2n) is 11.3. The van der Waals surface area contributed by atoms with Crippen molar-refractivity contribution in [3.05, 3.63) is 187 Å². The number of hydrogen-bond acceptors (Lipinski definition) is 0. The molecular weight excluding hydrogens is 619 g/mol. The molecule has 0 spiro atoms. The van der Waals surface area contributed by atoms with Gasteiger partial charge in [0.2, 0.25) is 0 Å². The van der Waals surface area contributed by atoms with Crippen molar-refractivity contribution in [2.75, 3.05) is 0 Å². The van der Waals surface area contributed by atoms with Crippen LogP contribution in [0.3, 0.4) is 0 Å². The molecule has 0 bridgehead atoms. The Morgan fingerprint density at radius 2 is 0.882 bits per heavy atom. The normalized spacial score (nSPS) is 19.3. The zero-order chi connectivity index (χ0) is 57.0. The zero-order valence-electron chi connectivity index (χ0n) is 52.7. The fourth-order valence-electron chi connectivity index (χ4n) is 6.66. The van der Waals surface area contributed by atoms with Crippen molar-refractivity contribution in [2.24, 2.45) is 0 Å². The van der Waals surface area contributed by atoms with Crippen molar-refractivity contribution in [1.82, 2.24) is 13.7 Å². The van der Waals surface area contributed by atoms with Crippen molar-refractivity contribution in [3.8, 4) is 28.2 Å². The molecular formula is C48H31N3. The summed E-state index contributed by atoms with van der Waals surface area (Å²) in [5, 5.41) is -2.93. The van der Waals surface area contributed by atoms with E-state index in [0.717, 1.165) is 13.7 Å². The van der Waals surface area contributed by atoms with Gasteiger partial charge in [-0.3, -0.25) is 0 Å². The summed E-state index contributed by atoms with van der Waals surface area (Å²) in [5.74, 6) is 0. The van der Waals surface area contributed by atoms with Crippen LogP contribution in [0.5, 0.6) is 0 Å². The van der Waals surface area contributed by atoms with Gasteiger partial charge in [0.1, 0.15) is 0 Å². The molecule has 51 heavy (non-hydrogen) atoms. The fourth-order valence-corrected chi connectivity index (χ4v) is 6.66. The Kier molecular flexibility index (Phi) is 2.65. The predicted octanol–water partition coefficient (Wildman–Crippen LogP) is 12.6. The highest BCUT2D eigenvalue weighted by Gasteiger charge is 2.20. The smallest absolute Gasteiger partial charge is 0.0652 e. The first-order valence-electron chi connectivity index (χ1n) is 28.8. The van der Waals surface area contributed by atoms with E-state index in [2.05, 4.69) is 0 Å². The van der Waals surface area contributed by atoms with E-state index in [4.69, 9.17) is 23.3 Å². The van der Waals surface area contributed by atoms with Gasteiger partial charge in [-0.25, -0.2) is 0 Å². The fraction of sp³-hybridized carbons (Fsp3) is 0. The summed E-state index contributed by atoms with van der Waals surface area (Å²) in [4.78, 5) is 0. The molecule has 0 N–H and O–H groups in total. The van der Waals surface area contributed by atoms with Crippen LogP contribution in [-0.4, -0.2) is 13.7 Å². The lowest BCUT2D eigenvalue weighted by molar-refractivity contribution is 1.16. The summed E-state index contributed by atoms with van der Waals surface area (Å²) in [6.07, 6.45) is 0. The Labute approximate surface area is 332 Å².